The lowest BCUT2D eigenvalue weighted by atomic mass is 9.87. The van der Waals surface area contributed by atoms with Crippen LogP contribution in [0.1, 0.15) is 62.3 Å². The van der Waals surface area contributed by atoms with Crippen LogP contribution in [0.5, 0.6) is 0 Å². The van der Waals surface area contributed by atoms with E-state index in [1.54, 1.807) is 22.3 Å². The lowest BCUT2D eigenvalue weighted by Gasteiger charge is -2.17. The van der Waals surface area contributed by atoms with E-state index in [1.165, 1.54) is 35.1 Å². The number of hydrogen-bond acceptors (Lipinski definition) is 0. The highest BCUT2D eigenvalue weighted by Gasteiger charge is 2.30. The molecule has 1 unspecified atom stereocenters. The minimum atomic E-state index is 0.460. The van der Waals surface area contributed by atoms with E-state index in [1.807, 2.05) is 0 Å². The summed E-state index contributed by atoms with van der Waals surface area (Å²) in [6, 6.07) is 18.2. The molecule has 0 amide bonds. The zero-order valence-electron chi connectivity index (χ0n) is 16.3. The van der Waals surface area contributed by atoms with Crippen molar-refractivity contribution in [3.63, 3.8) is 0 Å². The van der Waals surface area contributed by atoms with Gasteiger partial charge in [-0.2, -0.15) is 0 Å². The SMILES string of the molecule is CCCC1=C(c2ccc(C)cc2)C(C)C(c2ccc(C)cc2)=C1CC. The van der Waals surface area contributed by atoms with Crippen LogP contribution in [0.3, 0.4) is 0 Å². The maximum absolute atomic E-state index is 2.39. The van der Waals surface area contributed by atoms with Crippen LogP contribution in [0.4, 0.5) is 0 Å². The summed E-state index contributed by atoms with van der Waals surface area (Å²) in [5.74, 6) is 0.460. The molecule has 0 N–H and O–H groups in total. The van der Waals surface area contributed by atoms with Crippen LogP contribution in [0.25, 0.3) is 11.1 Å². The molecule has 0 heteroatoms. The third-order valence-corrected chi connectivity index (χ3v) is 5.46. The van der Waals surface area contributed by atoms with Crippen molar-refractivity contribution in [2.45, 2.75) is 53.9 Å². The van der Waals surface area contributed by atoms with E-state index in [9.17, 15) is 0 Å². The van der Waals surface area contributed by atoms with E-state index in [4.69, 9.17) is 0 Å². The van der Waals surface area contributed by atoms with Gasteiger partial charge in [-0.1, -0.05) is 86.8 Å². The fourth-order valence-corrected chi connectivity index (χ4v) is 4.25. The predicted octanol–water partition coefficient (Wildman–Crippen LogP) is 7.37. The summed E-state index contributed by atoms with van der Waals surface area (Å²) in [7, 11) is 0. The van der Waals surface area contributed by atoms with Crippen LogP contribution >= 0.6 is 0 Å². The maximum Gasteiger partial charge on any atom is 0.00785 e. The molecule has 0 bridgehead atoms. The largest absolute Gasteiger partial charge is 0.0651 e. The Bertz CT molecular complexity index is 798. The van der Waals surface area contributed by atoms with E-state index in [0.717, 1.165) is 6.42 Å². The summed E-state index contributed by atoms with van der Waals surface area (Å²) < 4.78 is 0. The number of allylic oxidation sites excluding steroid dienone is 4. The van der Waals surface area contributed by atoms with Gasteiger partial charge in [0.25, 0.3) is 0 Å². The molecule has 130 valence electrons. The lowest BCUT2D eigenvalue weighted by Crippen LogP contribution is -1.99. The van der Waals surface area contributed by atoms with Crippen molar-refractivity contribution in [1.29, 1.82) is 0 Å². The van der Waals surface area contributed by atoms with Gasteiger partial charge in [-0.3, -0.25) is 0 Å². The molecule has 0 fully saturated rings. The molecule has 3 rings (SSSR count). The van der Waals surface area contributed by atoms with E-state index < -0.39 is 0 Å². The molecular formula is C25H30. The highest BCUT2D eigenvalue weighted by molar-refractivity contribution is 5.94. The maximum atomic E-state index is 2.39. The van der Waals surface area contributed by atoms with Crippen molar-refractivity contribution in [3.8, 4) is 0 Å². The first-order valence-corrected chi connectivity index (χ1v) is 9.67. The van der Waals surface area contributed by atoms with Crippen molar-refractivity contribution in [3.05, 3.63) is 81.9 Å². The standard InChI is InChI=1S/C25H30/c1-6-8-23-22(7-2)24(20-13-9-17(3)10-14-20)19(5)25(23)21-15-11-18(4)12-16-21/h9-16,19H,6-8H2,1-5H3. The molecule has 0 radical (unpaired) electrons. The van der Waals surface area contributed by atoms with Gasteiger partial charge < -0.3 is 0 Å². The smallest absolute Gasteiger partial charge is 0.00785 e. The van der Waals surface area contributed by atoms with E-state index in [0.29, 0.717) is 5.92 Å². The fraction of sp³-hybridized carbons (Fsp3) is 0.360. The molecule has 0 aliphatic heterocycles. The van der Waals surface area contributed by atoms with Crippen molar-refractivity contribution in [2.24, 2.45) is 5.92 Å². The quantitative estimate of drug-likeness (QED) is 0.537. The molecule has 1 aliphatic rings. The van der Waals surface area contributed by atoms with Crippen LogP contribution in [-0.4, -0.2) is 0 Å². The molecule has 1 aliphatic carbocycles. The van der Waals surface area contributed by atoms with E-state index >= 15 is 0 Å². The summed E-state index contributed by atoms with van der Waals surface area (Å²) in [6.45, 7) is 11.3. The summed E-state index contributed by atoms with van der Waals surface area (Å²) in [4.78, 5) is 0. The molecular weight excluding hydrogens is 300 g/mol. The zero-order chi connectivity index (χ0) is 18.0. The first-order chi connectivity index (χ1) is 12.1. The molecule has 25 heavy (non-hydrogen) atoms. The van der Waals surface area contributed by atoms with Gasteiger partial charge in [-0.05, 0) is 60.1 Å². The van der Waals surface area contributed by atoms with E-state index in [-0.39, 0.29) is 0 Å². The Morgan fingerprint density at radius 1 is 0.680 bits per heavy atom. The van der Waals surface area contributed by atoms with Crippen LogP contribution in [0.2, 0.25) is 0 Å². The number of benzene rings is 2. The Labute approximate surface area is 153 Å². The highest BCUT2D eigenvalue weighted by atomic mass is 14.3. The molecule has 0 nitrogen and oxygen atoms in total. The minimum Gasteiger partial charge on any atom is -0.0651 e. The third-order valence-electron chi connectivity index (χ3n) is 5.46. The Kier molecular flexibility index (Phi) is 5.27. The van der Waals surface area contributed by atoms with Gasteiger partial charge in [0, 0.05) is 5.92 Å². The van der Waals surface area contributed by atoms with Crippen molar-refractivity contribution >= 4 is 11.1 Å². The molecule has 0 saturated carbocycles. The van der Waals surface area contributed by atoms with Crippen LogP contribution in [0, 0.1) is 19.8 Å². The Morgan fingerprint density at radius 2 is 1.12 bits per heavy atom. The molecule has 2 aromatic rings. The second kappa shape index (κ2) is 7.44. The van der Waals surface area contributed by atoms with Crippen molar-refractivity contribution in [1.82, 2.24) is 0 Å². The first kappa shape index (κ1) is 17.7. The van der Waals surface area contributed by atoms with Gasteiger partial charge in [0.15, 0.2) is 0 Å². The Morgan fingerprint density at radius 3 is 1.52 bits per heavy atom. The van der Waals surface area contributed by atoms with Crippen LogP contribution in [0.15, 0.2) is 59.7 Å². The Balaban J connectivity index is 2.14. The van der Waals surface area contributed by atoms with Gasteiger partial charge in [-0.25, -0.2) is 0 Å². The summed E-state index contributed by atoms with van der Waals surface area (Å²) >= 11 is 0. The van der Waals surface area contributed by atoms with Crippen LogP contribution < -0.4 is 0 Å². The molecule has 0 spiro atoms. The number of hydrogen-bond donors (Lipinski definition) is 0. The molecule has 2 aromatic carbocycles. The Hall–Kier alpha value is -2.08. The van der Waals surface area contributed by atoms with Crippen molar-refractivity contribution in [2.75, 3.05) is 0 Å². The second-order valence-corrected chi connectivity index (χ2v) is 7.34. The molecule has 0 saturated heterocycles. The number of rotatable bonds is 5. The average molecular weight is 331 g/mol. The lowest BCUT2D eigenvalue weighted by molar-refractivity contribution is 0.900. The average Bonchev–Trinajstić information content (AvgIpc) is 2.88. The first-order valence-electron chi connectivity index (χ1n) is 9.67. The minimum absolute atomic E-state index is 0.460. The molecule has 0 aromatic heterocycles. The summed E-state index contributed by atoms with van der Waals surface area (Å²) in [5, 5.41) is 0. The van der Waals surface area contributed by atoms with Gasteiger partial charge >= 0.3 is 0 Å². The van der Waals surface area contributed by atoms with E-state index in [2.05, 4.69) is 83.1 Å². The topological polar surface area (TPSA) is 0 Å². The molecule has 1 atom stereocenters. The summed E-state index contributed by atoms with van der Waals surface area (Å²) in [5.41, 5.74) is 11.7. The fourth-order valence-electron chi connectivity index (χ4n) is 4.25. The van der Waals surface area contributed by atoms with Gasteiger partial charge in [-0.15, -0.1) is 0 Å². The normalized spacial score (nSPS) is 17.6. The highest BCUT2D eigenvalue weighted by Crippen LogP contribution is 2.49. The van der Waals surface area contributed by atoms with Gasteiger partial charge in [0.2, 0.25) is 0 Å². The zero-order valence-corrected chi connectivity index (χ0v) is 16.3. The summed E-state index contributed by atoms with van der Waals surface area (Å²) in [6.07, 6.45) is 3.48. The van der Waals surface area contributed by atoms with Gasteiger partial charge in [0.1, 0.15) is 0 Å². The third kappa shape index (κ3) is 3.35. The number of aryl methyl sites for hydroxylation is 2. The predicted molar refractivity (Wildman–Crippen MR) is 111 cm³/mol. The second-order valence-electron chi connectivity index (χ2n) is 7.34. The van der Waals surface area contributed by atoms with Crippen LogP contribution in [-0.2, 0) is 0 Å². The van der Waals surface area contributed by atoms with Crippen molar-refractivity contribution < 1.29 is 0 Å². The molecule has 0 heterocycles. The monoisotopic (exact) mass is 330 g/mol. The van der Waals surface area contributed by atoms with Gasteiger partial charge in [0.05, 0.1) is 0 Å².